The van der Waals surface area contributed by atoms with E-state index in [0.29, 0.717) is 21.7 Å². The summed E-state index contributed by atoms with van der Waals surface area (Å²) in [6, 6.07) is 5.50. The number of hydrogen-bond donors (Lipinski definition) is 2. The van der Waals surface area contributed by atoms with E-state index in [2.05, 4.69) is 34.7 Å². The van der Waals surface area contributed by atoms with Gasteiger partial charge in [-0.15, -0.1) is 0 Å². The van der Waals surface area contributed by atoms with Crippen molar-refractivity contribution >= 4 is 46.2 Å². The Bertz CT molecular complexity index is 753. The van der Waals surface area contributed by atoms with Crippen LogP contribution in [0.2, 0.25) is 10.0 Å². The zero-order valence-corrected chi connectivity index (χ0v) is 17.9. The first-order chi connectivity index (χ1) is 12.3. The SMILES string of the molecule is Cc1nn(Cc2c(Cl)cccc2Cl)c(C)c1NC(=S)NCCCN(C)C. The van der Waals surface area contributed by atoms with Gasteiger partial charge in [0.05, 0.1) is 23.6 Å². The summed E-state index contributed by atoms with van der Waals surface area (Å²) in [6.07, 6.45) is 1.02. The third kappa shape index (κ3) is 5.58. The van der Waals surface area contributed by atoms with Crippen molar-refractivity contribution in [3.05, 3.63) is 45.2 Å². The molecule has 0 aliphatic carbocycles. The van der Waals surface area contributed by atoms with Gasteiger partial charge >= 0.3 is 0 Å². The summed E-state index contributed by atoms with van der Waals surface area (Å²) in [7, 11) is 4.12. The van der Waals surface area contributed by atoms with Crippen LogP contribution in [0.1, 0.15) is 23.4 Å². The maximum atomic E-state index is 6.28. The van der Waals surface area contributed by atoms with Crippen LogP contribution in [0.3, 0.4) is 0 Å². The van der Waals surface area contributed by atoms with Crippen LogP contribution in [-0.2, 0) is 6.54 Å². The van der Waals surface area contributed by atoms with Crippen molar-refractivity contribution in [1.29, 1.82) is 0 Å². The maximum Gasteiger partial charge on any atom is 0.170 e. The summed E-state index contributed by atoms with van der Waals surface area (Å²) >= 11 is 18.0. The average Bonchev–Trinajstić information content (AvgIpc) is 2.82. The summed E-state index contributed by atoms with van der Waals surface area (Å²) in [6.45, 7) is 6.31. The molecule has 2 aromatic rings. The van der Waals surface area contributed by atoms with Gasteiger partial charge in [-0.2, -0.15) is 5.10 Å². The van der Waals surface area contributed by atoms with Gasteiger partial charge in [0.1, 0.15) is 0 Å². The first-order valence-corrected chi connectivity index (χ1v) is 9.62. The fraction of sp³-hybridized carbons (Fsp3) is 0.444. The van der Waals surface area contributed by atoms with E-state index in [1.54, 1.807) is 0 Å². The van der Waals surface area contributed by atoms with Gasteiger partial charge in [-0.1, -0.05) is 29.3 Å². The molecule has 0 bridgehead atoms. The minimum absolute atomic E-state index is 0.510. The van der Waals surface area contributed by atoms with E-state index in [9.17, 15) is 0 Å². The molecule has 1 aromatic carbocycles. The summed E-state index contributed by atoms with van der Waals surface area (Å²) in [5.74, 6) is 0. The zero-order valence-electron chi connectivity index (χ0n) is 15.6. The zero-order chi connectivity index (χ0) is 19.3. The normalized spacial score (nSPS) is 11.0. The van der Waals surface area contributed by atoms with Gasteiger partial charge in [0.15, 0.2) is 5.11 Å². The molecule has 26 heavy (non-hydrogen) atoms. The molecule has 0 saturated carbocycles. The summed E-state index contributed by atoms with van der Waals surface area (Å²) < 4.78 is 1.89. The van der Waals surface area contributed by atoms with Gasteiger partial charge in [0.2, 0.25) is 0 Å². The quantitative estimate of drug-likeness (QED) is 0.528. The molecule has 0 atom stereocenters. The molecular weight excluding hydrogens is 389 g/mol. The largest absolute Gasteiger partial charge is 0.362 e. The van der Waals surface area contributed by atoms with Crippen LogP contribution >= 0.6 is 35.4 Å². The minimum Gasteiger partial charge on any atom is -0.362 e. The Morgan fingerprint density at radius 1 is 1.23 bits per heavy atom. The molecule has 0 aliphatic heterocycles. The molecule has 2 N–H and O–H groups in total. The summed E-state index contributed by atoms with van der Waals surface area (Å²) in [4.78, 5) is 2.15. The van der Waals surface area contributed by atoms with Gasteiger partial charge < -0.3 is 15.5 Å². The summed E-state index contributed by atoms with van der Waals surface area (Å²) in [5, 5.41) is 13.0. The van der Waals surface area contributed by atoms with Crippen LogP contribution in [-0.4, -0.2) is 47.0 Å². The molecule has 1 aromatic heterocycles. The second-order valence-corrected chi connectivity index (χ2v) is 7.66. The monoisotopic (exact) mass is 413 g/mol. The Balaban J connectivity index is 2.04. The van der Waals surface area contributed by atoms with Crippen LogP contribution in [0.25, 0.3) is 0 Å². The molecule has 8 heteroatoms. The first-order valence-electron chi connectivity index (χ1n) is 8.46. The lowest BCUT2D eigenvalue weighted by Crippen LogP contribution is -2.31. The Hall–Kier alpha value is -1.34. The number of halogens is 2. The second kappa shape index (κ2) is 9.55. The van der Waals surface area contributed by atoms with E-state index >= 15 is 0 Å². The van der Waals surface area contributed by atoms with Crippen LogP contribution in [0.4, 0.5) is 5.69 Å². The van der Waals surface area contributed by atoms with Crippen molar-refractivity contribution < 1.29 is 0 Å². The third-order valence-electron chi connectivity index (χ3n) is 4.06. The molecule has 5 nitrogen and oxygen atoms in total. The number of rotatable bonds is 7. The minimum atomic E-state index is 0.510. The highest BCUT2D eigenvalue weighted by Gasteiger charge is 2.15. The highest BCUT2D eigenvalue weighted by molar-refractivity contribution is 7.80. The standard InChI is InChI=1S/C18H25Cl2N5S/c1-12-17(22-18(26)21-9-6-10-24(3)4)13(2)25(23-12)11-14-15(19)7-5-8-16(14)20/h5,7-8H,6,9-11H2,1-4H3,(H2,21,22,26). The van der Waals surface area contributed by atoms with Crippen LogP contribution in [0.5, 0.6) is 0 Å². The van der Waals surface area contributed by atoms with Gasteiger partial charge in [0, 0.05) is 22.2 Å². The van der Waals surface area contributed by atoms with Crippen molar-refractivity contribution in [2.45, 2.75) is 26.8 Å². The van der Waals surface area contributed by atoms with E-state index in [-0.39, 0.29) is 0 Å². The number of aromatic nitrogens is 2. The number of aryl methyl sites for hydroxylation is 1. The molecule has 0 aliphatic rings. The highest BCUT2D eigenvalue weighted by Crippen LogP contribution is 2.27. The lowest BCUT2D eigenvalue weighted by molar-refractivity contribution is 0.400. The molecular formula is C18H25Cl2N5S. The molecule has 1 heterocycles. The Morgan fingerprint density at radius 2 is 1.88 bits per heavy atom. The fourth-order valence-electron chi connectivity index (χ4n) is 2.62. The van der Waals surface area contributed by atoms with E-state index < -0.39 is 0 Å². The molecule has 0 fully saturated rings. The van der Waals surface area contributed by atoms with Gasteiger partial charge in [-0.05, 0) is 65.3 Å². The van der Waals surface area contributed by atoms with Gasteiger partial charge in [0.25, 0.3) is 0 Å². The van der Waals surface area contributed by atoms with E-state index in [1.165, 1.54) is 0 Å². The van der Waals surface area contributed by atoms with Crippen molar-refractivity contribution in [3.63, 3.8) is 0 Å². The Kier molecular flexibility index (Phi) is 7.70. The van der Waals surface area contributed by atoms with Crippen molar-refractivity contribution in [1.82, 2.24) is 20.0 Å². The fourth-order valence-corrected chi connectivity index (χ4v) is 3.34. The van der Waals surface area contributed by atoms with Crippen molar-refractivity contribution in [2.75, 3.05) is 32.5 Å². The van der Waals surface area contributed by atoms with E-state index in [4.69, 9.17) is 35.4 Å². The average molecular weight is 414 g/mol. The van der Waals surface area contributed by atoms with Crippen molar-refractivity contribution in [3.8, 4) is 0 Å². The first kappa shape index (κ1) is 21.0. The lowest BCUT2D eigenvalue weighted by atomic mass is 10.2. The predicted octanol–water partition coefficient (Wildman–Crippen LogP) is 4.09. The predicted molar refractivity (Wildman–Crippen MR) is 115 cm³/mol. The summed E-state index contributed by atoms with van der Waals surface area (Å²) in [5.41, 5.74) is 3.63. The lowest BCUT2D eigenvalue weighted by Gasteiger charge is -2.13. The van der Waals surface area contributed by atoms with E-state index in [0.717, 1.165) is 42.1 Å². The van der Waals surface area contributed by atoms with E-state index in [1.807, 2.05) is 36.7 Å². The molecule has 0 unspecified atom stereocenters. The number of anilines is 1. The van der Waals surface area contributed by atoms with Crippen molar-refractivity contribution in [2.24, 2.45) is 0 Å². The molecule has 0 radical (unpaired) electrons. The van der Waals surface area contributed by atoms with Crippen LogP contribution < -0.4 is 10.6 Å². The molecule has 0 amide bonds. The number of hydrogen-bond acceptors (Lipinski definition) is 3. The number of thiocarbonyl (C=S) groups is 1. The Labute approximate surface area is 170 Å². The highest BCUT2D eigenvalue weighted by atomic mass is 35.5. The number of benzene rings is 1. The van der Waals surface area contributed by atoms with Gasteiger partial charge in [-0.3, -0.25) is 4.68 Å². The number of nitrogens with zero attached hydrogens (tertiary/aromatic N) is 3. The van der Waals surface area contributed by atoms with Crippen LogP contribution in [0.15, 0.2) is 18.2 Å². The second-order valence-electron chi connectivity index (χ2n) is 6.44. The topological polar surface area (TPSA) is 45.1 Å². The molecule has 0 spiro atoms. The molecule has 142 valence electrons. The maximum absolute atomic E-state index is 6.28. The smallest absolute Gasteiger partial charge is 0.170 e. The Morgan fingerprint density at radius 3 is 2.50 bits per heavy atom. The molecule has 2 rings (SSSR count). The molecule has 0 saturated heterocycles. The third-order valence-corrected chi connectivity index (χ3v) is 5.01. The van der Waals surface area contributed by atoms with Gasteiger partial charge in [-0.25, -0.2) is 0 Å². The van der Waals surface area contributed by atoms with Crippen LogP contribution in [0, 0.1) is 13.8 Å². The number of nitrogens with one attached hydrogen (secondary N) is 2.